The van der Waals surface area contributed by atoms with Gasteiger partial charge in [0, 0.05) is 11.8 Å². The minimum atomic E-state index is -0.0933. The van der Waals surface area contributed by atoms with Gasteiger partial charge in [-0.05, 0) is 30.8 Å². The molecule has 2 nitrogen and oxygen atoms in total. The average Bonchev–Trinajstić information content (AvgIpc) is 3.39. The molecule has 0 aromatic heterocycles. The van der Waals surface area contributed by atoms with Crippen LogP contribution in [0.1, 0.15) is 6.42 Å². The first-order valence-corrected chi connectivity index (χ1v) is 13.6. The molecule has 0 amide bonds. The van der Waals surface area contributed by atoms with Crippen molar-refractivity contribution in [1.82, 2.24) is 0 Å². The number of Topliss-reactive ketones (excluding diaryl/α,β-unsaturated/α-hetero) is 2. The molecule has 25 heavy (non-hydrogen) atoms. The summed E-state index contributed by atoms with van der Waals surface area (Å²) in [6, 6.07) is 0. The molecular weight excluding hydrogens is 429 g/mol. The maximum absolute atomic E-state index is 13.1. The summed E-state index contributed by atoms with van der Waals surface area (Å²) < 4.78 is 4.99. The fourth-order valence-electron chi connectivity index (χ4n) is 4.15. The summed E-state index contributed by atoms with van der Waals surface area (Å²) in [6.45, 7) is 0. The van der Waals surface area contributed by atoms with Crippen LogP contribution in [0.25, 0.3) is 0 Å². The highest BCUT2D eigenvalue weighted by Gasteiger charge is 2.57. The SMILES string of the molecule is CSC1=C(SC)SC(=C2SC3=C(S2)C(=O)C2C(C3=O)[C@@H]3C=C[C@H]2C3)S1. The third-order valence-electron chi connectivity index (χ3n) is 5.18. The van der Waals surface area contributed by atoms with Gasteiger partial charge in [-0.1, -0.05) is 59.2 Å². The molecule has 1 saturated carbocycles. The van der Waals surface area contributed by atoms with Crippen molar-refractivity contribution in [2.75, 3.05) is 12.5 Å². The summed E-state index contributed by atoms with van der Waals surface area (Å²) in [4.78, 5) is 27.6. The predicted molar refractivity (Wildman–Crippen MR) is 116 cm³/mol. The van der Waals surface area contributed by atoms with E-state index < -0.39 is 0 Å². The zero-order valence-corrected chi connectivity index (χ0v) is 18.3. The molecule has 0 spiro atoms. The van der Waals surface area contributed by atoms with Gasteiger partial charge in [0.05, 0.1) is 26.8 Å². The Bertz CT molecular complexity index is 774. The zero-order valence-electron chi connectivity index (χ0n) is 13.4. The summed E-state index contributed by atoms with van der Waals surface area (Å²) in [5, 5.41) is 0. The lowest BCUT2D eigenvalue weighted by molar-refractivity contribution is -0.129. The molecule has 5 aliphatic rings. The number of rotatable bonds is 2. The molecule has 1 fully saturated rings. The Morgan fingerprint density at radius 1 is 0.800 bits per heavy atom. The highest BCUT2D eigenvalue weighted by molar-refractivity contribution is 8.42. The number of hydrogen-bond donors (Lipinski definition) is 0. The second-order valence-electron chi connectivity index (χ2n) is 6.35. The molecule has 130 valence electrons. The van der Waals surface area contributed by atoms with Gasteiger partial charge in [0.1, 0.15) is 0 Å². The van der Waals surface area contributed by atoms with Gasteiger partial charge in [-0.2, -0.15) is 0 Å². The molecule has 0 N–H and O–H groups in total. The van der Waals surface area contributed by atoms with Crippen LogP contribution >= 0.6 is 70.6 Å². The van der Waals surface area contributed by atoms with E-state index in [9.17, 15) is 9.59 Å². The lowest BCUT2D eigenvalue weighted by atomic mass is 9.74. The van der Waals surface area contributed by atoms with Crippen LogP contribution in [-0.4, -0.2) is 24.1 Å². The van der Waals surface area contributed by atoms with Crippen molar-refractivity contribution in [3.8, 4) is 0 Å². The van der Waals surface area contributed by atoms with Crippen LogP contribution in [0.2, 0.25) is 0 Å². The number of fused-ring (bicyclic) bond motifs is 5. The molecule has 0 aromatic carbocycles. The van der Waals surface area contributed by atoms with Gasteiger partial charge in [-0.3, -0.25) is 9.59 Å². The summed E-state index contributed by atoms with van der Waals surface area (Å²) in [5.41, 5.74) is 0. The van der Waals surface area contributed by atoms with Crippen LogP contribution in [0.4, 0.5) is 0 Å². The van der Waals surface area contributed by atoms with Crippen molar-refractivity contribution in [1.29, 1.82) is 0 Å². The molecule has 2 bridgehead atoms. The maximum Gasteiger partial charge on any atom is 0.175 e. The van der Waals surface area contributed by atoms with Crippen molar-refractivity contribution in [2.45, 2.75) is 6.42 Å². The lowest BCUT2D eigenvalue weighted by Gasteiger charge is -2.29. The average molecular weight is 443 g/mol. The first-order valence-electron chi connectivity index (χ1n) is 7.91. The zero-order chi connectivity index (χ0) is 17.3. The number of allylic oxidation sites excluding steroid dienone is 4. The summed E-state index contributed by atoms with van der Waals surface area (Å²) in [6.07, 6.45) is 9.51. The van der Waals surface area contributed by atoms with E-state index in [1.165, 1.54) is 12.7 Å². The van der Waals surface area contributed by atoms with Crippen LogP contribution in [0, 0.1) is 23.7 Å². The molecular formula is C17H14O2S6. The van der Waals surface area contributed by atoms with Crippen molar-refractivity contribution < 1.29 is 9.59 Å². The highest BCUT2D eigenvalue weighted by atomic mass is 32.3. The topological polar surface area (TPSA) is 34.1 Å². The molecule has 0 saturated heterocycles. The smallest absolute Gasteiger partial charge is 0.175 e. The monoisotopic (exact) mass is 442 g/mol. The Morgan fingerprint density at radius 2 is 1.24 bits per heavy atom. The molecule has 0 radical (unpaired) electrons. The largest absolute Gasteiger partial charge is 0.293 e. The number of thioether (sulfide) groups is 6. The van der Waals surface area contributed by atoms with Crippen molar-refractivity contribution >= 4 is 82.1 Å². The van der Waals surface area contributed by atoms with E-state index in [0.29, 0.717) is 0 Å². The molecule has 4 atom stereocenters. The Kier molecular flexibility index (Phi) is 4.54. The van der Waals surface area contributed by atoms with Crippen LogP contribution in [0.15, 0.2) is 38.9 Å². The van der Waals surface area contributed by atoms with Crippen LogP contribution < -0.4 is 0 Å². The number of ketones is 2. The summed E-state index contributed by atoms with van der Waals surface area (Å²) >= 11 is 10.2. The van der Waals surface area contributed by atoms with Crippen LogP contribution in [0.3, 0.4) is 0 Å². The second kappa shape index (κ2) is 6.48. The van der Waals surface area contributed by atoms with E-state index in [4.69, 9.17) is 0 Å². The van der Waals surface area contributed by atoms with E-state index in [1.54, 1.807) is 70.6 Å². The Labute approximate surface area is 172 Å². The molecule has 5 rings (SSSR count). The van der Waals surface area contributed by atoms with Gasteiger partial charge in [0.15, 0.2) is 11.6 Å². The van der Waals surface area contributed by atoms with Crippen molar-refractivity contribution in [3.05, 3.63) is 38.9 Å². The molecule has 8 heteroatoms. The van der Waals surface area contributed by atoms with Crippen molar-refractivity contribution in [3.63, 3.8) is 0 Å². The highest BCUT2D eigenvalue weighted by Crippen LogP contribution is 2.66. The Morgan fingerprint density at radius 3 is 1.68 bits per heavy atom. The van der Waals surface area contributed by atoms with E-state index >= 15 is 0 Å². The third kappa shape index (κ3) is 2.54. The van der Waals surface area contributed by atoms with E-state index in [2.05, 4.69) is 24.7 Å². The van der Waals surface area contributed by atoms with Gasteiger partial charge in [0.25, 0.3) is 0 Å². The fourth-order valence-corrected chi connectivity index (χ4v) is 12.1. The van der Waals surface area contributed by atoms with Crippen molar-refractivity contribution in [2.24, 2.45) is 23.7 Å². The number of carbonyl (C=O) groups excluding carboxylic acids is 2. The molecule has 3 aliphatic carbocycles. The minimum absolute atomic E-state index is 0.0933. The standard InChI is InChI=1S/C17H14O2S6/c1-20-14-15(21-2)25-17(24-14)16-22-12-10(18)8-6-3-4-7(5-6)9(8)11(19)13(12)23-16/h3-4,6-9H,5H2,1-2H3/t6-,7+,8?,9?. The minimum Gasteiger partial charge on any atom is -0.293 e. The van der Waals surface area contributed by atoms with Crippen LogP contribution in [0.5, 0.6) is 0 Å². The second-order valence-corrected chi connectivity index (χ2v) is 13.1. The van der Waals surface area contributed by atoms with Gasteiger partial charge < -0.3 is 0 Å². The molecule has 2 heterocycles. The summed E-state index contributed by atoms with van der Waals surface area (Å²) in [5.74, 6) is 0.826. The van der Waals surface area contributed by atoms with Gasteiger partial charge in [-0.25, -0.2) is 0 Å². The van der Waals surface area contributed by atoms with E-state index in [1.807, 2.05) is 0 Å². The van der Waals surface area contributed by atoms with Gasteiger partial charge in [-0.15, -0.1) is 23.5 Å². The maximum atomic E-state index is 13.1. The first kappa shape index (κ1) is 17.5. The normalized spacial score (nSPS) is 36.2. The van der Waals surface area contributed by atoms with Crippen LogP contribution in [-0.2, 0) is 9.59 Å². The molecule has 2 unspecified atom stereocenters. The lowest BCUT2D eigenvalue weighted by Crippen LogP contribution is -2.38. The third-order valence-corrected chi connectivity index (χ3v) is 13.6. The first-order chi connectivity index (χ1) is 12.1. The molecule has 2 aliphatic heterocycles. The van der Waals surface area contributed by atoms with E-state index in [0.717, 1.165) is 20.5 Å². The molecule has 0 aromatic rings. The Hall–Kier alpha value is 0.400. The Balaban J connectivity index is 1.45. The fraction of sp³-hybridized carbons (Fsp3) is 0.412. The number of hydrogen-bond acceptors (Lipinski definition) is 8. The van der Waals surface area contributed by atoms with Gasteiger partial charge >= 0.3 is 0 Å². The predicted octanol–water partition coefficient (Wildman–Crippen LogP) is 5.73. The number of carbonyl (C=O) groups is 2. The summed E-state index contributed by atoms with van der Waals surface area (Å²) in [7, 11) is 0. The quantitative estimate of drug-likeness (QED) is 0.502. The van der Waals surface area contributed by atoms with Gasteiger partial charge in [0.2, 0.25) is 0 Å². The van der Waals surface area contributed by atoms with E-state index in [-0.39, 0.29) is 35.2 Å².